The second-order valence-corrected chi connectivity index (χ2v) is 7.03. The first kappa shape index (κ1) is 14.2. The molecule has 1 unspecified atom stereocenters. The number of hydrogen-bond donors (Lipinski definition) is 0. The third-order valence-electron chi connectivity index (χ3n) is 4.88. The van der Waals surface area contributed by atoms with Gasteiger partial charge in [0.05, 0.1) is 16.2 Å². The zero-order valence-electron chi connectivity index (χ0n) is 12.8. The second kappa shape index (κ2) is 5.65. The van der Waals surface area contributed by atoms with Gasteiger partial charge in [0.1, 0.15) is 18.0 Å². The molecule has 5 nitrogen and oxygen atoms in total. The molecular formula is C16H20BrN5. The first-order valence-electron chi connectivity index (χ1n) is 8.02. The molecule has 2 aliphatic rings. The Bertz CT molecular complexity index is 696. The molecule has 1 aliphatic carbocycles. The van der Waals surface area contributed by atoms with Crippen molar-refractivity contribution in [3.05, 3.63) is 34.2 Å². The molecule has 2 aromatic heterocycles. The largest absolute Gasteiger partial charge is 0.345 e. The van der Waals surface area contributed by atoms with Gasteiger partial charge in [-0.3, -0.25) is 0 Å². The van der Waals surface area contributed by atoms with Crippen molar-refractivity contribution in [1.82, 2.24) is 19.5 Å². The topological polar surface area (TPSA) is 46.8 Å². The summed E-state index contributed by atoms with van der Waals surface area (Å²) in [7, 11) is 2.18. The molecule has 0 N–H and O–H groups in total. The fraction of sp³-hybridized carbons (Fsp3) is 0.562. The van der Waals surface area contributed by atoms with Gasteiger partial charge >= 0.3 is 0 Å². The maximum atomic E-state index is 5.00. The normalized spacial score (nSPS) is 21.2. The molecule has 0 saturated carbocycles. The number of rotatable bonds is 2. The van der Waals surface area contributed by atoms with Crippen molar-refractivity contribution in [1.29, 1.82) is 0 Å². The molecule has 0 aromatic carbocycles. The van der Waals surface area contributed by atoms with E-state index < -0.39 is 0 Å². The highest BCUT2D eigenvalue weighted by molar-refractivity contribution is 9.10. The second-order valence-electron chi connectivity index (χ2n) is 6.18. The average Bonchev–Trinajstić information content (AvgIpc) is 3.13. The van der Waals surface area contributed by atoms with E-state index in [1.165, 1.54) is 42.9 Å². The van der Waals surface area contributed by atoms with Crippen LogP contribution in [0.4, 0.5) is 5.82 Å². The lowest BCUT2D eigenvalue weighted by molar-refractivity contribution is 0.606. The Morgan fingerprint density at radius 2 is 2.09 bits per heavy atom. The molecule has 0 bridgehead atoms. The predicted molar refractivity (Wildman–Crippen MR) is 88.9 cm³/mol. The zero-order valence-corrected chi connectivity index (χ0v) is 14.4. The van der Waals surface area contributed by atoms with Crippen LogP contribution in [0.3, 0.4) is 0 Å². The molecule has 0 radical (unpaired) electrons. The molecule has 22 heavy (non-hydrogen) atoms. The number of aryl methyl sites for hydroxylation is 1. The Labute approximate surface area is 138 Å². The Hall–Kier alpha value is -1.43. The summed E-state index contributed by atoms with van der Waals surface area (Å²) < 4.78 is 3.30. The highest BCUT2D eigenvalue weighted by Crippen LogP contribution is 2.38. The van der Waals surface area contributed by atoms with Gasteiger partial charge < -0.3 is 9.47 Å². The Kier molecular flexibility index (Phi) is 3.64. The van der Waals surface area contributed by atoms with Crippen molar-refractivity contribution in [2.24, 2.45) is 7.05 Å². The molecule has 0 spiro atoms. The van der Waals surface area contributed by atoms with Crippen LogP contribution in [0.25, 0.3) is 0 Å². The van der Waals surface area contributed by atoms with Crippen LogP contribution in [0.2, 0.25) is 0 Å². The number of hydrogen-bond acceptors (Lipinski definition) is 4. The van der Waals surface area contributed by atoms with E-state index in [0.29, 0.717) is 6.04 Å². The van der Waals surface area contributed by atoms with Crippen LogP contribution in [0.1, 0.15) is 48.9 Å². The number of aromatic nitrogens is 4. The van der Waals surface area contributed by atoms with Gasteiger partial charge in [-0.1, -0.05) is 0 Å². The molecule has 3 heterocycles. The van der Waals surface area contributed by atoms with Crippen LogP contribution in [0.15, 0.2) is 17.0 Å². The van der Waals surface area contributed by atoms with Crippen molar-refractivity contribution in [2.45, 2.75) is 44.6 Å². The Balaban J connectivity index is 1.73. The number of anilines is 1. The molecule has 1 atom stereocenters. The van der Waals surface area contributed by atoms with Crippen LogP contribution in [-0.2, 0) is 19.9 Å². The Morgan fingerprint density at radius 3 is 2.91 bits per heavy atom. The smallest absolute Gasteiger partial charge is 0.146 e. The molecule has 0 amide bonds. The van der Waals surface area contributed by atoms with Gasteiger partial charge in [0, 0.05) is 25.5 Å². The molecule has 1 fully saturated rings. The number of nitrogens with zero attached hydrogens (tertiary/aromatic N) is 5. The molecule has 6 heteroatoms. The van der Waals surface area contributed by atoms with Crippen LogP contribution in [0.5, 0.6) is 0 Å². The third-order valence-corrected chi connectivity index (χ3v) is 5.44. The summed E-state index contributed by atoms with van der Waals surface area (Å²) >= 11 is 3.59. The van der Waals surface area contributed by atoms with E-state index in [2.05, 4.69) is 42.4 Å². The maximum Gasteiger partial charge on any atom is 0.146 e. The minimum Gasteiger partial charge on any atom is -0.345 e. The summed E-state index contributed by atoms with van der Waals surface area (Å²) in [6.07, 6.45) is 10.6. The molecular weight excluding hydrogens is 342 g/mol. The van der Waals surface area contributed by atoms with E-state index in [0.717, 1.165) is 29.7 Å². The number of halogens is 1. The van der Waals surface area contributed by atoms with Crippen molar-refractivity contribution >= 4 is 21.7 Å². The quantitative estimate of drug-likeness (QED) is 0.823. The van der Waals surface area contributed by atoms with E-state index in [9.17, 15) is 0 Å². The first-order chi connectivity index (χ1) is 10.8. The van der Waals surface area contributed by atoms with Crippen molar-refractivity contribution in [3.8, 4) is 0 Å². The van der Waals surface area contributed by atoms with Gasteiger partial charge in [0.25, 0.3) is 0 Å². The lowest BCUT2D eigenvalue weighted by atomic mass is 10.0. The highest BCUT2D eigenvalue weighted by atomic mass is 79.9. The lowest BCUT2D eigenvalue weighted by Gasteiger charge is -2.26. The monoisotopic (exact) mass is 361 g/mol. The van der Waals surface area contributed by atoms with Crippen molar-refractivity contribution < 1.29 is 0 Å². The van der Waals surface area contributed by atoms with Crippen LogP contribution in [-0.4, -0.2) is 26.1 Å². The van der Waals surface area contributed by atoms with Crippen molar-refractivity contribution in [2.75, 3.05) is 11.4 Å². The number of imidazole rings is 1. The fourth-order valence-electron chi connectivity index (χ4n) is 3.81. The third kappa shape index (κ3) is 2.24. The van der Waals surface area contributed by atoms with Crippen molar-refractivity contribution in [3.63, 3.8) is 0 Å². The molecule has 1 saturated heterocycles. The van der Waals surface area contributed by atoms with Gasteiger partial charge in [-0.05, 0) is 54.5 Å². The Morgan fingerprint density at radius 1 is 1.23 bits per heavy atom. The number of fused-ring (bicyclic) bond motifs is 1. The van der Waals surface area contributed by atoms with E-state index in [4.69, 9.17) is 4.98 Å². The van der Waals surface area contributed by atoms with Gasteiger partial charge in [-0.2, -0.15) is 0 Å². The van der Waals surface area contributed by atoms with Crippen LogP contribution < -0.4 is 4.90 Å². The van der Waals surface area contributed by atoms with E-state index >= 15 is 0 Å². The molecule has 116 valence electrons. The van der Waals surface area contributed by atoms with E-state index in [-0.39, 0.29) is 0 Å². The van der Waals surface area contributed by atoms with Gasteiger partial charge in [-0.25, -0.2) is 15.0 Å². The summed E-state index contributed by atoms with van der Waals surface area (Å²) in [5.41, 5.74) is 2.76. The maximum absolute atomic E-state index is 5.00. The minimum atomic E-state index is 0.321. The summed E-state index contributed by atoms with van der Waals surface area (Å²) in [5.74, 6) is 2.19. The fourth-order valence-corrected chi connectivity index (χ4v) is 4.26. The minimum absolute atomic E-state index is 0.321. The van der Waals surface area contributed by atoms with Gasteiger partial charge in [0.15, 0.2) is 0 Å². The average molecular weight is 362 g/mol. The molecule has 1 aliphatic heterocycles. The summed E-state index contributed by atoms with van der Waals surface area (Å²) in [6.45, 7) is 1.03. The predicted octanol–water partition coefficient (Wildman–Crippen LogP) is 3.19. The summed E-state index contributed by atoms with van der Waals surface area (Å²) in [4.78, 5) is 15.9. The summed E-state index contributed by atoms with van der Waals surface area (Å²) in [6, 6.07) is 0.321. The van der Waals surface area contributed by atoms with E-state index in [1.807, 2.05) is 6.20 Å². The zero-order chi connectivity index (χ0) is 15.1. The lowest BCUT2D eigenvalue weighted by Crippen LogP contribution is -2.26. The first-order valence-corrected chi connectivity index (χ1v) is 8.81. The van der Waals surface area contributed by atoms with E-state index in [1.54, 1.807) is 6.33 Å². The standard InChI is InChI=1S/C16H20BrN5/c1-21-13-6-3-2-5-12(13)20-16(21)14-7-4-8-22(14)15-11(17)9-18-10-19-15/h9-10,14H,2-8H2,1H3. The SMILES string of the molecule is Cn1c(C2CCCN2c2ncncc2Br)nc2c1CCCC2. The van der Waals surface area contributed by atoms with Crippen LogP contribution >= 0.6 is 15.9 Å². The van der Waals surface area contributed by atoms with Gasteiger partial charge in [-0.15, -0.1) is 0 Å². The molecule has 4 rings (SSSR count). The highest BCUT2D eigenvalue weighted by Gasteiger charge is 2.33. The summed E-state index contributed by atoms with van der Waals surface area (Å²) in [5, 5.41) is 0. The molecule has 2 aromatic rings. The van der Waals surface area contributed by atoms with Crippen LogP contribution in [0, 0.1) is 0 Å². The van der Waals surface area contributed by atoms with Gasteiger partial charge in [0.2, 0.25) is 0 Å².